The van der Waals surface area contributed by atoms with E-state index >= 15 is 0 Å². The molecule has 0 saturated carbocycles. The van der Waals surface area contributed by atoms with E-state index in [1.54, 1.807) is 91.0 Å². The minimum atomic E-state index is -3.91. The van der Waals surface area contributed by atoms with E-state index in [9.17, 15) is 26.4 Å². The predicted molar refractivity (Wildman–Crippen MR) is 190 cm³/mol. The van der Waals surface area contributed by atoms with E-state index in [0.717, 1.165) is 11.1 Å². The minimum absolute atomic E-state index is 0.0655. The molecule has 0 aliphatic heterocycles. The van der Waals surface area contributed by atoms with Crippen LogP contribution in [0.1, 0.15) is 22.3 Å². The zero-order chi connectivity index (χ0) is 35.4. The fourth-order valence-corrected chi connectivity index (χ4v) is 6.84. The van der Waals surface area contributed by atoms with Crippen molar-refractivity contribution in [3.8, 4) is 11.5 Å². The molecule has 0 heterocycles. The summed E-state index contributed by atoms with van der Waals surface area (Å²) >= 11 is 0. The molecule has 14 heteroatoms. The summed E-state index contributed by atoms with van der Waals surface area (Å²) in [4.78, 5) is 25.2. The van der Waals surface area contributed by atoms with Gasteiger partial charge in [0, 0.05) is 36.6 Å². The van der Waals surface area contributed by atoms with Gasteiger partial charge in [0.2, 0.25) is 0 Å². The van der Waals surface area contributed by atoms with Crippen LogP contribution in [0.4, 0.5) is 21.0 Å². The molecule has 0 spiro atoms. The molecule has 5 rings (SSSR count). The lowest BCUT2D eigenvalue weighted by atomic mass is 10.1. The highest BCUT2D eigenvalue weighted by Gasteiger charge is 2.16. The van der Waals surface area contributed by atoms with Gasteiger partial charge in [0.15, 0.2) is 0 Å². The molecule has 0 aliphatic rings. The van der Waals surface area contributed by atoms with Crippen molar-refractivity contribution in [1.29, 1.82) is 0 Å². The number of carbonyl (C=O) groups is 2. The molecule has 0 saturated heterocycles. The van der Waals surface area contributed by atoms with Gasteiger partial charge in [-0.05, 0) is 46.5 Å². The highest BCUT2D eigenvalue weighted by Crippen LogP contribution is 2.22. The fourth-order valence-electron chi connectivity index (χ4n) is 4.73. The first kappa shape index (κ1) is 35.4. The summed E-state index contributed by atoms with van der Waals surface area (Å²) in [5, 5.41) is 10.8. The molecule has 5 aromatic rings. The van der Waals surface area contributed by atoms with Gasteiger partial charge in [0.25, 0.3) is 0 Å². The van der Waals surface area contributed by atoms with Crippen molar-refractivity contribution in [1.82, 2.24) is 10.6 Å². The van der Waals surface area contributed by atoms with Crippen LogP contribution in [0.3, 0.4) is 0 Å². The van der Waals surface area contributed by atoms with E-state index in [4.69, 9.17) is 8.37 Å². The molecule has 0 radical (unpaired) electrons. The van der Waals surface area contributed by atoms with Crippen LogP contribution in [0.15, 0.2) is 133 Å². The maximum Gasteiger partial charge on any atom is 0.319 e. The Morgan fingerprint density at radius 2 is 0.840 bits per heavy atom. The Labute approximate surface area is 290 Å². The first-order valence-corrected chi connectivity index (χ1v) is 18.5. The van der Waals surface area contributed by atoms with E-state index in [1.165, 1.54) is 24.3 Å². The number of rotatable bonds is 14. The summed E-state index contributed by atoms with van der Waals surface area (Å²) in [5.74, 6) is -0.455. The van der Waals surface area contributed by atoms with Gasteiger partial charge in [0.1, 0.15) is 23.0 Å². The molecule has 258 valence electrons. The third kappa shape index (κ3) is 11.7. The molecule has 0 aromatic heterocycles. The van der Waals surface area contributed by atoms with Gasteiger partial charge in [-0.15, -0.1) is 0 Å². The standard InChI is InChI=1S/C36H34N4O8S2/c41-35(39-31-16-8-18-33(21-31)47-49(43,44)25-27-10-3-1-4-11-27)37-23-29-14-7-15-30(20-29)24-38-36(42)40-32-17-9-19-34(22-32)48-50(45,46)26-28-12-5-2-6-13-28/h1-22H,23-26H2,(H2,37,39,41)(H2,38,40,42). The summed E-state index contributed by atoms with van der Waals surface area (Å²) in [5.41, 5.74) is 3.39. The largest absolute Gasteiger partial charge is 0.382 e. The Morgan fingerprint density at radius 1 is 0.460 bits per heavy atom. The van der Waals surface area contributed by atoms with Crippen molar-refractivity contribution in [3.05, 3.63) is 156 Å². The minimum Gasteiger partial charge on any atom is -0.382 e. The Morgan fingerprint density at radius 3 is 1.26 bits per heavy atom. The van der Waals surface area contributed by atoms with Gasteiger partial charge in [-0.1, -0.05) is 97.1 Å². The summed E-state index contributed by atoms with van der Waals surface area (Å²) < 4.78 is 60.4. The predicted octanol–water partition coefficient (Wildman–Crippen LogP) is 6.15. The molecule has 12 nitrogen and oxygen atoms in total. The number of urea groups is 2. The smallest absolute Gasteiger partial charge is 0.319 e. The van der Waals surface area contributed by atoms with Crippen LogP contribution in [0.25, 0.3) is 0 Å². The molecular formula is C36H34N4O8S2. The molecule has 0 unspecified atom stereocenters. The Kier molecular flexibility index (Phi) is 11.7. The number of anilines is 2. The summed E-state index contributed by atoms with van der Waals surface area (Å²) in [7, 11) is -7.82. The highest BCUT2D eigenvalue weighted by atomic mass is 32.2. The third-order valence-corrected chi connectivity index (χ3v) is 9.17. The van der Waals surface area contributed by atoms with Gasteiger partial charge in [-0.3, -0.25) is 0 Å². The van der Waals surface area contributed by atoms with Gasteiger partial charge in [-0.2, -0.15) is 16.8 Å². The number of amides is 4. The van der Waals surface area contributed by atoms with E-state index in [0.29, 0.717) is 22.5 Å². The van der Waals surface area contributed by atoms with Crippen molar-refractivity contribution < 1.29 is 34.8 Å². The summed E-state index contributed by atoms with van der Waals surface area (Å²) in [6, 6.07) is 35.7. The molecule has 0 bridgehead atoms. The van der Waals surface area contributed by atoms with Crippen LogP contribution < -0.4 is 29.6 Å². The van der Waals surface area contributed by atoms with E-state index < -0.39 is 32.3 Å². The van der Waals surface area contributed by atoms with Crippen LogP contribution >= 0.6 is 0 Å². The zero-order valence-corrected chi connectivity index (χ0v) is 28.2. The van der Waals surface area contributed by atoms with Crippen LogP contribution in [0.2, 0.25) is 0 Å². The number of nitrogens with one attached hydrogen (secondary N) is 4. The van der Waals surface area contributed by atoms with Crippen LogP contribution in [-0.4, -0.2) is 28.9 Å². The van der Waals surface area contributed by atoms with Gasteiger partial charge in [-0.25, -0.2) is 9.59 Å². The van der Waals surface area contributed by atoms with Crippen LogP contribution in [0.5, 0.6) is 11.5 Å². The molecule has 50 heavy (non-hydrogen) atoms. The molecule has 4 N–H and O–H groups in total. The maximum atomic E-state index is 12.6. The van der Waals surface area contributed by atoms with Crippen molar-refractivity contribution in [2.75, 3.05) is 10.6 Å². The highest BCUT2D eigenvalue weighted by molar-refractivity contribution is 7.86. The SMILES string of the molecule is O=C(NCc1cccc(CNC(=O)Nc2cccc(OS(=O)(=O)Cc3ccccc3)c2)c1)Nc1cccc(OS(=O)(=O)Cc2ccccc2)c1. The number of hydrogen-bond donors (Lipinski definition) is 4. The zero-order valence-electron chi connectivity index (χ0n) is 26.6. The fraction of sp³-hybridized carbons (Fsp3) is 0.111. The average Bonchev–Trinajstić information content (AvgIpc) is 3.07. The molecule has 0 atom stereocenters. The topological polar surface area (TPSA) is 169 Å². The first-order valence-electron chi connectivity index (χ1n) is 15.3. The first-order chi connectivity index (χ1) is 24.0. The van der Waals surface area contributed by atoms with E-state index in [2.05, 4.69) is 21.3 Å². The van der Waals surface area contributed by atoms with Gasteiger partial charge in [0.05, 0.1) is 0 Å². The monoisotopic (exact) mass is 714 g/mol. The molecule has 4 amide bonds. The van der Waals surface area contributed by atoms with Crippen molar-refractivity contribution >= 4 is 43.7 Å². The van der Waals surface area contributed by atoms with Gasteiger partial charge < -0.3 is 29.6 Å². The van der Waals surface area contributed by atoms with E-state index in [-0.39, 0.29) is 36.1 Å². The average molecular weight is 715 g/mol. The summed E-state index contributed by atoms with van der Waals surface area (Å²) in [6.45, 7) is 0.348. The normalized spacial score (nSPS) is 11.2. The quantitative estimate of drug-likeness (QED) is 0.0994. The second kappa shape index (κ2) is 16.5. The van der Waals surface area contributed by atoms with Crippen molar-refractivity contribution in [2.45, 2.75) is 24.6 Å². The maximum absolute atomic E-state index is 12.6. The Balaban J connectivity index is 1.07. The number of hydrogen-bond acceptors (Lipinski definition) is 8. The molecule has 5 aromatic carbocycles. The second-order valence-electron chi connectivity index (χ2n) is 11.0. The second-order valence-corrected chi connectivity index (χ2v) is 14.2. The lowest BCUT2D eigenvalue weighted by molar-refractivity contribution is 0.251. The van der Waals surface area contributed by atoms with Crippen LogP contribution in [-0.2, 0) is 44.8 Å². The molecule has 0 fully saturated rings. The Hall–Kier alpha value is -5.86. The van der Waals surface area contributed by atoms with E-state index in [1.807, 2.05) is 18.2 Å². The molecular weight excluding hydrogens is 681 g/mol. The van der Waals surface area contributed by atoms with Crippen LogP contribution in [0, 0.1) is 0 Å². The summed E-state index contributed by atoms with van der Waals surface area (Å²) in [6.07, 6.45) is 0. The molecule has 0 aliphatic carbocycles. The number of benzene rings is 5. The lowest BCUT2D eigenvalue weighted by Gasteiger charge is -2.12. The third-order valence-electron chi connectivity index (χ3n) is 6.90. The van der Waals surface area contributed by atoms with Gasteiger partial charge >= 0.3 is 32.3 Å². The lowest BCUT2D eigenvalue weighted by Crippen LogP contribution is -2.29. The van der Waals surface area contributed by atoms with Crippen molar-refractivity contribution in [3.63, 3.8) is 0 Å². The van der Waals surface area contributed by atoms with Crippen molar-refractivity contribution in [2.24, 2.45) is 0 Å². The Bertz CT molecular complexity index is 2000. The number of carbonyl (C=O) groups excluding carboxylic acids is 2.